The van der Waals surface area contributed by atoms with Crippen molar-refractivity contribution in [3.63, 3.8) is 0 Å². The van der Waals surface area contributed by atoms with E-state index in [1.165, 1.54) is 17.6 Å². The van der Waals surface area contributed by atoms with Crippen LogP contribution in [0.4, 0.5) is 13.2 Å². The van der Waals surface area contributed by atoms with E-state index in [4.69, 9.17) is 5.11 Å². The zero-order chi connectivity index (χ0) is 14.8. The molecule has 0 radical (unpaired) electrons. The third-order valence-electron chi connectivity index (χ3n) is 2.12. The van der Waals surface area contributed by atoms with Crippen molar-refractivity contribution >= 4 is 17.3 Å². The lowest BCUT2D eigenvalue weighted by Crippen LogP contribution is -2.27. The van der Waals surface area contributed by atoms with Gasteiger partial charge in [-0.3, -0.25) is 0 Å². The fourth-order valence-corrected chi connectivity index (χ4v) is 2.04. The summed E-state index contributed by atoms with van der Waals surface area (Å²) in [7, 11) is 0. The minimum Gasteiger partial charge on any atom is -0.476 e. The lowest BCUT2D eigenvalue weighted by molar-refractivity contribution is -0.188. The lowest BCUT2D eigenvalue weighted by atomic mass is 10.3. The monoisotopic (exact) mass is 304 g/mol. The van der Waals surface area contributed by atoms with Crippen LogP contribution in [-0.2, 0) is 0 Å². The zero-order valence-electron chi connectivity index (χ0n) is 9.72. The second kappa shape index (κ2) is 5.45. The summed E-state index contributed by atoms with van der Waals surface area (Å²) >= 11 is 1.07. The van der Waals surface area contributed by atoms with E-state index in [1.54, 1.807) is 0 Å². The Morgan fingerprint density at radius 2 is 2.20 bits per heavy atom. The van der Waals surface area contributed by atoms with Gasteiger partial charge in [-0.05, 0) is 6.07 Å². The number of carboxylic acid groups (broad SMARTS) is 1. The zero-order valence-corrected chi connectivity index (χ0v) is 10.5. The number of aromatic carboxylic acids is 1. The van der Waals surface area contributed by atoms with Gasteiger partial charge in [0.15, 0.2) is 12.4 Å². The van der Waals surface area contributed by atoms with Crippen molar-refractivity contribution in [1.29, 1.82) is 0 Å². The Balaban J connectivity index is 2.17. The van der Waals surface area contributed by atoms with E-state index in [9.17, 15) is 18.0 Å². The minimum absolute atomic E-state index is 0.116. The van der Waals surface area contributed by atoms with Gasteiger partial charge in [0, 0.05) is 23.2 Å². The average Bonchev–Trinajstić information content (AvgIpc) is 2.89. The van der Waals surface area contributed by atoms with Crippen LogP contribution in [0, 0.1) is 0 Å². The molecule has 5 nitrogen and oxygen atoms in total. The number of rotatable bonds is 5. The van der Waals surface area contributed by atoms with Crippen LogP contribution in [0.25, 0.3) is 10.6 Å². The molecule has 1 N–H and O–H groups in total. The van der Waals surface area contributed by atoms with Crippen molar-refractivity contribution in [1.82, 2.24) is 9.97 Å². The number of alkyl halides is 3. The molecule has 0 spiro atoms. The molecule has 20 heavy (non-hydrogen) atoms. The van der Waals surface area contributed by atoms with Crippen LogP contribution < -0.4 is 4.74 Å². The van der Waals surface area contributed by atoms with Crippen molar-refractivity contribution in [3.8, 4) is 16.5 Å². The molecule has 0 fully saturated rings. The second-order valence-corrected chi connectivity index (χ2v) is 4.46. The Morgan fingerprint density at radius 1 is 1.45 bits per heavy atom. The molecule has 106 valence electrons. The first kappa shape index (κ1) is 14.3. The summed E-state index contributed by atoms with van der Waals surface area (Å²) in [5.41, 5.74) is 0.327. The minimum atomic E-state index is -3.92. The number of ether oxygens (including phenoxy) is 1. The van der Waals surface area contributed by atoms with Gasteiger partial charge >= 0.3 is 12.1 Å². The molecule has 2 aromatic heterocycles. The summed E-state index contributed by atoms with van der Waals surface area (Å²) in [6.07, 6.45) is -2.74. The Labute approximate surface area is 114 Å². The summed E-state index contributed by atoms with van der Waals surface area (Å²) in [6.45, 7) is -1.95. The predicted molar refractivity (Wildman–Crippen MR) is 63.9 cm³/mol. The van der Waals surface area contributed by atoms with Crippen LogP contribution in [0.15, 0.2) is 23.7 Å². The Kier molecular flexibility index (Phi) is 3.89. The van der Waals surface area contributed by atoms with Crippen LogP contribution in [0.1, 0.15) is 10.5 Å². The van der Waals surface area contributed by atoms with Crippen LogP contribution in [0.5, 0.6) is 5.88 Å². The standard InChI is InChI=1S/C11H7F3N2O3S/c12-5-11(13,14)19-8-2-1-6(3-15-8)9-16-7(4-20-9)10(17)18/h1-4H,5H2,(H,17,18). The third kappa shape index (κ3) is 3.23. The number of halogens is 3. The van der Waals surface area contributed by atoms with E-state index in [1.807, 2.05) is 0 Å². The average molecular weight is 304 g/mol. The summed E-state index contributed by atoms with van der Waals surface area (Å²) in [6, 6.07) is 2.50. The van der Waals surface area contributed by atoms with E-state index >= 15 is 0 Å². The van der Waals surface area contributed by atoms with Gasteiger partial charge in [-0.1, -0.05) is 0 Å². The number of pyridine rings is 1. The first-order valence-electron chi connectivity index (χ1n) is 5.19. The molecule has 0 saturated carbocycles. The summed E-state index contributed by atoms with van der Waals surface area (Å²) in [4.78, 5) is 18.1. The fraction of sp³-hybridized carbons (Fsp3) is 0.182. The highest BCUT2D eigenvalue weighted by Crippen LogP contribution is 2.26. The Morgan fingerprint density at radius 3 is 2.70 bits per heavy atom. The summed E-state index contributed by atoms with van der Waals surface area (Å²) < 4.78 is 41.3. The lowest BCUT2D eigenvalue weighted by Gasteiger charge is -2.13. The maximum absolute atomic E-state index is 12.6. The highest BCUT2D eigenvalue weighted by atomic mass is 32.1. The molecule has 0 unspecified atom stereocenters. The van der Waals surface area contributed by atoms with E-state index in [0.29, 0.717) is 10.6 Å². The highest BCUT2D eigenvalue weighted by molar-refractivity contribution is 7.13. The van der Waals surface area contributed by atoms with Gasteiger partial charge in [-0.2, -0.15) is 8.78 Å². The van der Waals surface area contributed by atoms with E-state index in [0.717, 1.165) is 17.4 Å². The van der Waals surface area contributed by atoms with Crippen molar-refractivity contribution in [2.24, 2.45) is 0 Å². The van der Waals surface area contributed by atoms with Gasteiger partial charge in [0.25, 0.3) is 0 Å². The quantitative estimate of drug-likeness (QED) is 0.919. The van der Waals surface area contributed by atoms with E-state index in [-0.39, 0.29) is 5.69 Å². The fourth-order valence-electron chi connectivity index (χ4n) is 1.25. The number of carboxylic acids is 1. The van der Waals surface area contributed by atoms with Crippen molar-refractivity contribution in [2.45, 2.75) is 6.11 Å². The van der Waals surface area contributed by atoms with Gasteiger partial charge < -0.3 is 9.84 Å². The molecule has 0 atom stereocenters. The maximum Gasteiger partial charge on any atom is 0.428 e. The summed E-state index contributed by atoms with van der Waals surface area (Å²) in [5, 5.41) is 10.5. The number of carbonyl (C=O) groups is 1. The van der Waals surface area contributed by atoms with Gasteiger partial charge in [-0.25, -0.2) is 19.2 Å². The van der Waals surface area contributed by atoms with Crippen LogP contribution >= 0.6 is 11.3 Å². The van der Waals surface area contributed by atoms with Gasteiger partial charge in [0.1, 0.15) is 5.01 Å². The SMILES string of the molecule is O=C(O)c1csc(-c2ccc(OC(F)(F)CF)nc2)n1. The van der Waals surface area contributed by atoms with Crippen LogP contribution in [-0.4, -0.2) is 33.8 Å². The molecule has 0 amide bonds. The normalized spacial score (nSPS) is 11.3. The number of thiazole rings is 1. The number of aromatic nitrogens is 2. The maximum atomic E-state index is 12.6. The number of hydrogen-bond donors (Lipinski definition) is 1. The van der Waals surface area contributed by atoms with Gasteiger partial charge in [0.05, 0.1) is 0 Å². The molecule has 2 heterocycles. The Hall–Kier alpha value is -2.16. The molecule has 2 aromatic rings. The molecule has 2 rings (SSSR count). The topological polar surface area (TPSA) is 72.3 Å². The molecular formula is C11H7F3N2O3S. The third-order valence-corrected chi connectivity index (χ3v) is 3.01. The molecule has 0 aliphatic heterocycles. The summed E-state index contributed by atoms with van der Waals surface area (Å²) in [5.74, 6) is -1.60. The predicted octanol–water partition coefficient (Wildman–Crippen LogP) is 2.84. The van der Waals surface area contributed by atoms with Crippen LogP contribution in [0.2, 0.25) is 0 Å². The molecule has 0 bridgehead atoms. The first-order chi connectivity index (χ1) is 9.41. The number of hydrogen-bond acceptors (Lipinski definition) is 5. The molecular weight excluding hydrogens is 297 g/mol. The molecule has 0 aliphatic rings. The number of nitrogens with zero attached hydrogens (tertiary/aromatic N) is 2. The molecule has 0 aromatic carbocycles. The highest BCUT2D eigenvalue weighted by Gasteiger charge is 2.32. The van der Waals surface area contributed by atoms with E-state index < -0.39 is 24.6 Å². The molecule has 0 saturated heterocycles. The first-order valence-corrected chi connectivity index (χ1v) is 6.07. The van der Waals surface area contributed by atoms with Crippen molar-refractivity contribution < 1.29 is 27.8 Å². The smallest absolute Gasteiger partial charge is 0.428 e. The Bertz CT molecular complexity index is 616. The van der Waals surface area contributed by atoms with E-state index in [2.05, 4.69) is 14.7 Å². The van der Waals surface area contributed by atoms with Gasteiger partial charge in [-0.15, -0.1) is 11.3 Å². The van der Waals surface area contributed by atoms with Gasteiger partial charge in [0.2, 0.25) is 5.88 Å². The largest absolute Gasteiger partial charge is 0.476 e. The second-order valence-electron chi connectivity index (χ2n) is 3.60. The van der Waals surface area contributed by atoms with Crippen molar-refractivity contribution in [3.05, 3.63) is 29.4 Å². The molecule has 0 aliphatic carbocycles. The van der Waals surface area contributed by atoms with Crippen molar-refractivity contribution in [2.75, 3.05) is 6.67 Å². The molecule has 9 heteroatoms. The van der Waals surface area contributed by atoms with Crippen LogP contribution in [0.3, 0.4) is 0 Å².